The van der Waals surface area contributed by atoms with Crippen LogP contribution in [-0.4, -0.2) is 14.6 Å². The second-order valence-electron chi connectivity index (χ2n) is 5.08. The van der Waals surface area contributed by atoms with Crippen molar-refractivity contribution in [3.8, 4) is 11.4 Å². The number of nitrogens with zero attached hydrogens (tertiary/aromatic N) is 3. The lowest BCUT2D eigenvalue weighted by atomic mass is 10.2. The molecule has 0 atom stereocenters. The molecular formula is C17H9BrClN3OS. The highest BCUT2D eigenvalue weighted by atomic mass is 79.9. The molecule has 0 N–H and O–H groups in total. The Morgan fingerprint density at radius 1 is 1.17 bits per heavy atom. The molecule has 2 aromatic carbocycles. The molecule has 24 heavy (non-hydrogen) atoms. The first-order valence-electron chi connectivity index (χ1n) is 7.03. The van der Waals surface area contributed by atoms with Gasteiger partial charge in [0.1, 0.15) is 0 Å². The minimum absolute atomic E-state index is 0.175. The fourth-order valence-electron chi connectivity index (χ4n) is 2.32. The van der Waals surface area contributed by atoms with Crippen LogP contribution in [0, 0.1) is 0 Å². The quantitative estimate of drug-likeness (QED) is 0.498. The fraction of sp³-hybridized carbons (Fsp3) is 0. The highest BCUT2D eigenvalue weighted by molar-refractivity contribution is 9.10. The first-order valence-corrected chi connectivity index (χ1v) is 9.02. The van der Waals surface area contributed by atoms with Gasteiger partial charge in [-0.3, -0.25) is 4.79 Å². The van der Waals surface area contributed by atoms with Gasteiger partial charge < -0.3 is 0 Å². The zero-order valence-electron chi connectivity index (χ0n) is 12.1. The van der Waals surface area contributed by atoms with E-state index in [-0.39, 0.29) is 5.56 Å². The minimum atomic E-state index is -0.175. The molecule has 4 aromatic rings. The number of benzene rings is 2. The Hall–Kier alpha value is -2.02. The van der Waals surface area contributed by atoms with E-state index in [1.807, 2.05) is 42.5 Å². The Kier molecular flexibility index (Phi) is 3.96. The molecule has 118 valence electrons. The van der Waals surface area contributed by atoms with Gasteiger partial charge in [-0.05, 0) is 29.8 Å². The second kappa shape index (κ2) is 6.12. The molecular weight excluding hydrogens is 410 g/mol. The molecule has 0 amide bonds. The summed E-state index contributed by atoms with van der Waals surface area (Å²) in [6.07, 6.45) is 1.84. The summed E-state index contributed by atoms with van der Waals surface area (Å²) in [5.74, 6) is 0.494. The van der Waals surface area contributed by atoms with Crippen molar-refractivity contribution < 1.29 is 0 Å². The molecule has 0 aliphatic rings. The Labute approximate surface area is 154 Å². The number of halogens is 2. The Bertz CT molecular complexity index is 1170. The van der Waals surface area contributed by atoms with Crippen molar-refractivity contribution in [3.63, 3.8) is 0 Å². The van der Waals surface area contributed by atoms with E-state index >= 15 is 0 Å². The molecule has 0 radical (unpaired) electrons. The lowest BCUT2D eigenvalue weighted by molar-refractivity contribution is 0.937. The van der Waals surface area contributed by atoms with Crippen molar-refractivity contribution in [1.29, 1.82) is 0 Å². The molecule has 2 heterocycles. The fourth-order valence-corrected chi connectivity index (χ4v) is 3.81. The van der Waals surface area contributed by atoms with Crippen LogP contribution in [0.4, 0.5) is 0 Å². The van der Waals surface area contributed by atoms with Gasteiger partial charge in [-0.25, -0.2) is 0 Å². The highest BCUT2D eigenvalue weighted by Gasteiger charge is 2.12. The summed E-state index contributed by atoms with van der Waals surface area (Å²) in [6, 6.07) is 15.0. The number of aromatic nitrogens is 3. The summed E-state index contributed by atoms with van der Waals surface area (Å²) >= 11 is 10.8. The molecule has 0 saturated heterocycles. The summed E-state index contributed by atoms with van der Waals surface area (Å²) in [4.78, 5) is 17.6. The van der Waals surface area contributed by atoms with Crippen molar-refractivity contribution in [2.75, 3.05) is 0 Å². The molecule has 0 spiro atoms. The maximum absolute atomic E-state index is 12.6. The molecule has 0 saturated carbocycles. The van der Waals surface area contributed by atoms with Gasteiger partial charge in [0.25, 0.3) is 5.56 Å². The zero-order valence-corrected chi connectivity index (χ0v) is 15.3. The van der Waals surface area contributed by atoms with Crippen molar-refractivity contribution in [2.45, 2.75) is 0 Å². The number of fused-ring (bicyclic) bond motifs is 1. The van der Waals surface area contributed by atoms with Crippen LogP contribution < -0.4 is 10.1 Å². The normalized spacial score (nSPS) is 12.2. The van der Waals surface area contributed by atoms with Crippen LogP contribution in [-0.2, 0) is 0 Å². The number of hydrogen-bond donors (Lipinski definition) is 0. The van der Waals surface area contributed by atoms with Gasteiger partial charge in [-0.1, -0.05) is 69.2 Å². The smallest absolute Gasteiger partial charge is 0.266 e. The van der Waals surface area contributed by atoms with Crippen molar-refractivity contribution >= 4 is 49.9 Å². The van der Waals surface area contributed by atoms with Gasteiger partial charge in [0.05, 0.1) is 4.53 Å². The van der Waals surface area contributed by atoms with Crippen molar-refractivity contribution in [1.82, 2.24) is 14.6 Å². The van der Waals surface area contributed by atoms with Crippen LogP contribution in [0.5, 0.6) is 0 Å². The van der Waals surface area contributed by atoms with Gasteiger partial charge in [0, 0.05) is 15.1 Å². The first-order chi connectivity index (χ1) is 11.6. The number of hydrogen-bond acceptors (Lipinski definition) is 4. The van der Waals surface area contributed by atoms with Crippen LogP contribution in [0.25, 0.3) is 22.4 Å². The van der Waals surface area contributed by atoms with Crippen LogP contribution in [0.3, 0.4) is 0 Å². The maximum atomic E-state index is 12.6. The predicted molar refractivity (Wildman–Crippen MR) is 101 cm³/mol. The molecule has 7 heteroatoms. The average molecular weight is 419 g/mol. The van der Waals surface area contributed by atoms with Crippen LogP contribution in [0.1, 0.15) is 5.56 Å². The van der Waals surface area contributed by atoms with Gasteiger partial charge in [0.2, 0.25) is 4.96 Å². The predicted octanol–water partition coefficient (Wildman–Crippen LogP) is 3.78. The third-order valence-electron chi connectivity index (χ3n) is 3.46. The van der Waals surface area contributed by atoms with E-state index in [1.54, 1.807) is 12.1 Å². The van der Waals surface area contributed by atoms with Gasteiger partial charge >= 0.3 is 0 Å². The number of rotatable bonds is 2. The summed E-state index contributed by atoms with van der Waals surface area (Å²) in [5, 5.41) is 4.93. The Morgan fingerprint density at radius 2 is 2.00 bits per heavy atom. The van der Waals surface area contributed by atoms with E-state index in [2.05, 4.69) is 26.0 Å². The summed E-state index contributed by atoms with van der Waals surface area (Å²) < 4.78 is 2.86. The third kappa shape index (κ3) is 2.77. The summed E-state index contributed by atoms with van der Waals surface area (Å²) in [7, 11) is 0. The SMILES string of the molecule is O=c1/c(=C/c2ccccc2Br)sc2nc(-c3cccc(Cl)c3)nn12. The second-order valence-corrected chi connectivity index (χ2v) is 7.38. The van der Waals surface area contributed by atoms with E-state index in [9.17, 15) is 4.79 Å². The average Bonchev–Trinajstić information content (AvgIpc) is 3.10. The first kappa shape index (κ1) is 15.5. The van der Waals surface area contributed by atoms with Gasteiger partial charge in [-0.2, -0.15) is 9.50 Å². The van der Waals surface area contributed by atoms with Gasteiger partial charge in [0.15, 0.2) is 5.82 Å². The standard InChI is InChI=1S/C17H9BrClN3OS/c18-13-7-2-1-4-10(13)9-14-16(23)22-17(24-14)20-15(21-22)11-5-3-6-12(19)8-11/h1-9H/b14-9-. The summed E-state index contributed by atoms with van der Waals surface area (Å²) in [5.41, 5.74) is 1.55. The van der Waals surface area contributed by atoms with E-state index in [0.29, 0.717) is 20.3 Å². The van der Waals surface area contributed by atoms with E-state index < -0.39 is 0 Å². The van der Waals surface area contributed by atoms with Crippen molar-refractivity contribution in [2.24, 2.45) is 0 Å². The molecule has 0 aliphatic carbocycles. The lowest BCUT2D eigenvalue weighted by Crippen LogP contribution is -2.23. The van der Waals surface area contributed by atoms with E-state index in [1.165, 1.54) is 15.9 Å². The molecule has 4 nitrogen and oxygen atoms in total. The van der Waals surface area contributed by atoms with Crippen LogP contribution in [0.2, 0.25) is 5.02 Å². The Balaban J connectivity index is 1.85. The largest absolute Gasteiger partial charge is 0.291 e. The zero-order chi connectivity index (χ0) is 16.7. The van der Waals surface area contributed by atoms with E-state index in [0.717, 1.165) is 15.6 Å². The Morgan fingerprint density at radius 3 is 2.75 bits per heavy atom. The topological polar surface area (TPSA) is 47.3 Å². The molecule has 0 bridgehead atoms. The lowest BCUT2D eigenvalue weighted by Gasteiger charge is -1.95. The maximum Gasteiger partial charge on any atom is 0.291 e. The highest BCUT2D eigenvalue weighted by Crippen LogP contribution is 2.20. The molecule has 0 aliphatic heterocycles. The molecule has 0 unspecified atom stereocenters. The molecule has 0 fully saturated rings. The van der Waals surface area contributed by atoms with E-state index in [4.69, 9.17) is 11.6 Å². The summed E-state index contributed by atoms with van der Waals surface area (Å²) in [6.45, 7) is 0. The molecule has 4 rings (SSSR count). The molecule has 2 aromatic heterocycles. The van der Waals surface area contributed by atoms with Crippen molar-refractivity contribution in [3.05, 3.63) is 78.5 Å². The monoisotopic (exact) mass is 417 g/mol. The van der Waals surface area contributed by atoms with Gasteiger partial charge in [-0.15, -0.1) is 5.10 Å². The van der Waals surface area contributed by atoms with Crippen LogP contribution in [0.15, 0.2) is 57.8 Å². The minimum Gasteiger partial charge on any atom is -0.266 e. The van der Waals surface area contributed by atoms with Crippen LogP contribution >= 0.6 is 38.9 Å². The number of thiazole rings is 1. The third-order valence-corrected chi connectivity index (χ3v) is 5.37.